The maximum atomic E-state index is 11.1. The van der Waals surface area contributed by atoms with Gasteiger partial charge in [-0.25, -0.2) is 0 Å². The van der Waals surface area contributed by atoms with Crippen LogP contribution in [0.1, 0.15) is 17.7 Å². The molecule has 2 rings (SSSR count). The van der Waals surface area contributed by atoms with Crippen LogP contribution >= 0.6 is 11.8 Å². The number of hydrogen-bond donors (Lipinski definition) is 0. The molecule has 0 aromatic heterocycles. The summed E-state index contributed by atoms with van der Waals surface area (Å²) in [6.45, 7) is 2.39. The van der Waals surface area contributed by atoms with Gasteiger partial charge in [-0.15, -0.1) is 11.8 Å². The largest absolute Gasteiger partial charge is 0.463 e. The molecule has 2 unspecified atom stereocenters. The van der Waals surface area contributed by atoms with Crippen molar-refractivity contribution in [1.29, 1.82) is 0 Å². The normalized spacial score (nSPS) is 27.1. The molecule has 0 N–H and O–H groups in total. The fraction of sp³-hybridized carbons (Fsp3) is 0.364. The zero-order valence-corrected chi connectivity index (χ0v) is 8.79. The Kier molecular flexibility index (Phi) is 2.77. The van der Waals surface area contributed by atoms with Crippen molar-refractivity contribution in [2.75, 3.05) is 6.61 Å². The minimum Gasteiger partial charge on any atom is -0.463 e. The van der Waals surface area contributed by atoms with Crippen molar-refractivity contribution in [3.63, 3.8) is 0 Å². The molecule has 0 bridgehead atoms. The Morgan fingerprint density at radius 3 is 2.71 bits per heavy atom. The van der Waals surface area contributed by atoms with Crippen molar-refractivity contribution in [3.05, 3.63) is 35.9 Å². The van der Waals surface area contributed by atoms with E-state index < -0.39 is 0 Å². The minimum absolute atomic E-state index is 0.0473. The molecule has 14 heavy (non-hydrogen) atoms. The summed E-state index contributed by atoms with van der Waals surface area (Å²) in [4.78, 5) is 11.1. The van der Waals surface area contributed by atoms with Crippen molar-refractivity contribution < 1.29 is 9.53 Å². The molecular weight excluding hydrogens is 196 g/mol. The molecule has 1 aliphatic rings. The van der Waals surface area contributed by atoms with Crippen molar-refractivity contribution in [2.24, 2.45) is 0 Å². The summed E-state index contributed by atoms with van der Waals surface area (Å²) >= 11 is 1.67. The molecule has 0 spiro atoms. The van der Waals surface area contributed by atoms with Gasteiger partial charge >= 0.3 is 5.97 Å². The summed E-state index contributed by atoms with van der Waals surface area (Å²) in [5.74, 6) is -0.0952. The Hall–Kier alpha value is -0.960. The quantitative estimate of drug-likeness (QED) is 0.663. The third kappa shape index (κ3) is 1.93. The Morgan fingerprint density at radius 1 is 1.36 bits per heavy atom. The van der Waals surface area contributed by atoms with Gasteiger partial charge in [-0.1, -0.05) is 30.3 Å². The van der Waals surface area contributed by atoms with Crippen molar-refractivity contribution >= 4 is 17.7 Å². The number of thioether (sulfide) groups is 1. The number of carbonyl (C=O) groups is 1. The van der Waals surface area contributed by atoms with Gasteiger partial charge in [-0.05, 0) is 12.5 Å². The molecule has 3 heteroatoms. The summed E-state index contributed by atoms with van der Waals surface area (Å²) < 4.78 is 5.10. The average Bonchev–Trinajstić information content (AvgIpc) is 2.23. The van der Waals surface area contributed by atoms with Crippen LogP contribution in [0.4, 0.5) is 0 Å². The van der Waals surface area contributed by atoms with Gasteiger partial charge in [-0.3, -0.25) is 4.79 Å². The number of ether oxygens (including phenoxy) is 1. The second kappa shape index (κ2) is 4.05. The van der Waals surface area contributed by atoms with Gasteiger partial charge in [0, 0.05) is 0 Å². The molecule has 1 heterocycles. The van der Waals surface area contributed by atoms with Gasteiger partial charge in [-0.2, -0.15) is 0 Å². The molecule has 0 radical (unpaired) electrons. The Labute approximate surface area is 87.6 Å². The van der Waals surface area contributed by atoms with Crippen LogP contribution in [0.3, 0.4) is 0 Å². The van der Waals surface area contributed by atoms with E-state index in [2.05, 4.69) is 12.1 Å². The highest BCUT2D eigenvalue weighted by Crippen LogP contribution is 2.36. The van der Waals surface area contributed by atoms with E-state index in [0.29, 0.717) is 11.9 Å². The number of benzene rings is 1. The number of hydrogen-bond acceptors (Lipinski definition) is 3. The Balaban J connectivity index is 2.11. The number of carbonyl (C=O) groups excluding carboxylic acids is 1. The van der Waals surface area contributed by atoms with Gasteiger partial charge < -0.3 is 4.74 Å². The molecule has 1 aromatic rings. The van der Waals surface area contributed by atoms with E-state index in [0.717, 1.165) is 0 Å². The van der Waals surface area contributed by atoms with Crippen LogP contribution < -0.4 is 0 Å². The van der Waals surface area contributed by atoms with Gasteiger partial charge in [0.1, 0.15) is 11.9 Å². The first-order valence-electron chi connectivity index (χ1n) is 4.64. The van der Waals surface area contributed by atoms with Crippen LogP contribution in [0, 0.1) is 0 Å². The van der Waals surface area contributed by atoms with E-state index in [1.165, 1.54) is 5.56 Å². The van der Waals surface area contributed by atoms with E-state index in [1.54, 1.807) is 11.8 Å². The molecular formula is C11H12O2S. The molecule has 2 nitrogen and oxygen atoms in total. The maximum absolute atomic E-state index is 11.1. The Morgan fingerprint density at radius 2 is 2.07 bits per heavy atom. The molecule has 1 fully saturated rings. The predicted octanol–water partition coefficient (Wildman–Crippen LogP) is 2.41. The monoisotopic (exact) mass is 208 g/mol. The SMILES string of the molecule is CC1SC(c2ccccc2)COC1=O. The fourth-order valence-electron chi connectivity index (χ4n) is 1.46. The van der Waals surface area contributed by atoms with Crippen molar-refractivity contribution in [3.8, 4) is 0 Å². The first kappa shape index (κ1) is 9.59. The second-order valence-corrected chi connectivity index (χ2v) is 4.86. The molecule has 1 aromatic carbocycles. The van der Waals surface area contributed by atoms with Crippen LogP contribution in [-0.2, 0) is 9.53 Å². The standard InChI is InChI=1S/C11H12O2S/c1-8-11(12)13-7-10(14-8)9-5-3-2-4-6-9/h2-6,8,10H,7H2,1H3. The van der Waals surface area contributed by atoms with Gasteiger partial charge in [0.05, 0.1) is 5.25 Å². The first-order valence-corrected chi connectivity index (χ1v) is 5.58. The number of cyclic esters (lactones) is 1. The first-order chi connectivity index (χ1) is 6.77. The number of rotatable bonds is 1. The summed E-state index contributed by atoms with van der Waals surface area (Å²) in [5, 5.41) is 0.248. The predicted molar refractivity (Wildman–Crippen MR) is 57.2 cm³/mol. The third-order valence-electron chi connectivity index (χ3n) is 2.25. The highest BCUT2D eigenvalue weighted by molar-refractivity contribution is 8.00. The third-order valence-corrected chi connectivity index (χ3v) is 3.59. The lowest BCUT2D eigenvalue weighted by Crippen LogP contribution is -2.26. The lowest BCUT2D eigenvalue weighted by Gasteiger charge is -2.25. The highest BCUT2D eigenvalue weighted by Gasteiger charge is 2.28. The van der Waals surface area contributed by atoms with Crippen LogP contribution in [0.15, 0.2) is 30.3 Å². The van der Waals surface area contributed by atoms with Gasteiger partial charge in [0.2, 0.25) is 0 Å². The lowest BCUT2D eigenvalue weighted by molar-refractivity contribution is -0.143. The van der Waals surface area contributed by atoms with Crippen LogP contribution in [0.5, 0.6) is 0 Å². The smallest absolute Gasteiger partial charge is 0.318 e. The average molecular weight is 208 g/mol. The second-order valence-electron chi connectivity index (χ2n) is 3.31. The summed E-state index contributed by atoms with van der Waals surface area (Å²) in [7, 11) is 0. The van der Waals surface area contributed by atoms with E-state index in [-0.39, 0.29) is 11.2 Å². The Bertz CT molecular complexity index is 323. The lowest BCUT2D eigenvalue weighted by atomic mass is 10.1. The van der Waals surface area contributed by atoms with Crippen LogP contribution in [0.2, 0.25) is 0 Å². The molecule has 1 saturated heterocycles. The summed E-state index contributed by atoms with van der Waals surface area (Å²) in [6, 6.07) is 10.2. The minimum atomic E-state index is -0.0952. The van der Waals surface area contributed by atoms with Crippen LogP contribution in [-0.4, -0.2) is 17.8 Å². The van der Waals surface area contributed by atoms with Gasteiger partial charge in [0.25, 0.3) is 0 Å². The van der Waals surface area contributed by atoms with Crippen molar-refractivity contribution in [1.82, 2.24) is 0 Å². The molecule has 74 valence electrons. The van der Waals surface area contributed by atoms with Gasteiger partial charge in [0.15, 0.2) is 0 Å². The molecule has 2 atom stereocenters. The van der Waals surface area contributed by atoms with E-state index in [4.69, 9.17) is 4.74 Å². The summed E-state index contributed by atoms with van der Waals surface area (Å²) in [6.07, 6.45) is 0. The molecule has 0 amide bonds. The van der Waals surface area contributed by atoms with E-state index in [1.807, 2.05) is 25.1 Å². The molecule has 0 aliphatic carbocycles. The number of esters is 1. The molecule has 1 aliphatic heterocycles. The topological polar surface area (TPSA) is 26.3 Å². The zero-order chi connectivity index (χ0) is 9.97. The van der Waals surface area contributed by atoms with E-state index in [9.17, 15) is 4.79 Å². The van der Waals surface area contributed by atoms with Crippen LogP contribution in [0.25, 0.3) is 0 Å². The molecule has 0 saturated carbocycles. The highest BCUT2D eigenvalue weighted by atomic mass is 32.2. The zero-order valence-electron chi connectivity index (χ0n) is 7.97. The van der Waals surface area contributed by atoms with E-state index >= 15 is 0 Å². The maximum Gasteiger partial charge on any atom is 0.318 e. The van der Waals surface area contributed by atoms with Crippen molar-refractivity contribution in [2.45, 2.75) is 17.4 Å². The fourth-order valence-corrected chi connectivity index (χ4v) is 2.59. The summed E-state index contributed by atoms with van der Waals surface area (Å²) in [5.41, 5.74) is 1.23.